The van der Waals surface area contributed by atoms with Crippen LogP contribution in [0.3, 0.4) is 0 Å². The maximum Gasteiger partial charge on any atom is 0.287 e. The van der Waals surface area contributed by atoms with Gasteiger partial charge in [-0.05, 0) is 83.1 Å². The smallest absolute Gasteiger partial charge is 0.287 e. The Morgan fingerprint density at radius 2 is 1.71 bits per heavy atom. The number of benzene rings is 3. The standard InChI is InChI=1S/C26H25IN4O3/c1-17-13-21(27)15-20(24(17)32)16-28-30-26(34)23(29-25(33)19-7-5-4-6-8-19)14-18-9-11-22(12-10-18)31(2)3/h4-16,32H,1-3H3,(H,29,33)(H,30,34). The fourth-order valence-electron chi connectivity index (χ4n) is 3.06. The molecule has 0 fully saturated rings. The fourth-order valence-corrected chi connectivity index (χ4v) is 3.86. The van der Waals surface area contributed by atoms with Gasteiger partial charge in [-0.15, -0.1) is 0 Å². The number of hydrogen-bond acceptors (Lipinski definition) is 5. The molecule has 0 unspecified atom stereocenters. The minimum atomic E-state index is -0.598. The van der Waals surface area contributed by atoms with Crippen LogP contribution in [0.25, 0.3) is 6.08 Å². The molecular weight excluding hydrogens is 543 g/mol. The third-order valence-electron chi connectivity index (χ3n) is 4.91. The number of aryl methyl sites for hydroxylation is 1. The van der Waals surface area contributed by atoms with Gasteiger partial charge < -0.3 is 15.3 Å². The number of hydrogen-bond donors (Lipinski definition) is 3. The van der Waals surface area contributed by atoms with E-state index in [9.17, 15) is 14.7 Å². The molecule has 0 bridgehead atoms. The highest BCUT2D eigenvalue weighted by molar-refractivity contribution is 14.1. The Hall–Kier alpha value is -3.66. The maximum atomic E-state index is 12.9. The van der Waals surface area contributed by atoms with Crippen LogP contribution in [-0.4, -0.2) is 37.2 Å². The van der Waals surface area contributed by atoms with Crippen molar-refractivity contribution in [2.45, 2.75) is 6.92 Å². The number of hydrazone groups is 1. The summed E-state index contributed by atoms with van der Waals surface area (Å²) in [6.07, 6.45) is 2.95. The molecule has 3 aromatic carbocycles. The topological polar surface area (TPSA) is 94.0 Å². The van der Waals surface area contributed by atoms with E-state index in [2.05, 4.69) is 38.4 Å². The van der Waals surface area contributed by atoms with Gasteiger partial charge in [-0.1, -0.05) is 30.3 Å². The highest BCUT2D eigenvalue weighted by Crippen LogP contribution is 2.23. The van der Waals surface area contributed by atoms with Crippen molar-refractivity contribution in [3.63, 3.8) is 0 Å². The Bertz CT molecular complexity index is 1240. The first-order valence-corrected chi connectivity index (χ1v) is 11.5. The summed E-state index contributed by atoms with van der Waals surface area (Å²) in [5.41, 5.74) is 5.81. The number of amides is 2. The van der Waals surface area contributed by atoms with Crippen LogP contribution in [0, 0.1) is 10.5 Å². The Kier molecular flexibility index (Phi) is 8.42. The first-order valence-electron chi connectivity index (χ1n) is 10.4. The molecular formula is C26H25IN4O3. The number of phenolic OH excluding ortho intramolecular Hbond substituents is 1. The van der Waals surface area contributed by atoms with Crippen LogP contribution in [-0.2, 0) is 4.79 Å². The number of rotatable bonds is 7. The van der Waals surface area contributed by atoms with E-state index in [4.69, 9.17) is 0 Å². The summed E-state index contributed by atoms with van der Waals surface area (Å²) in [4.78, 5) is 27.6. The van der Waals surface area contributed by atoms with Gasteiger partial charge in [-0.3, -0.25) is 9.59 Å². The van der Waals surface area contributed by atoms with Crippen LogP contribution in [0.15, 0.2) is 77.5 Å². The molecule has 174 valence electrons. The van der Waals surface area contributed by atoms with Gasteiger partial charge in [0.05, 0.1) is 6.21 Å². The molecule has 0 aromatic heterocycles. The van der Waals surface area contributed by atoms with E-state index in [1.54, 1.807) is 43.3 Å². The average Bonchev–Trinajstić information content (AvgIpc) is 2.82. The van der Waals surface area contributed by atoms with Gasteiger partial charge in [-0.25, -0.2) is 5.43 Å². The molecule has 2 amide bonds. The van der Waals surface area contributed by atoms with Gasteiger partial charge in [0.1, 0.15) is 11.4 Å². The van der Waals surface area contributed by atoms with Crippen molar-refractivity contribution in [2.75, 3.05) is 19.0 Å². The molecule has 0 heterocycles. The lowest BCUT2D eigenvalue weighted by Gasteiger charge is -2.12. The van der Waals surface area contributed by atoms with Gasteiger partial charge in [0.15, 0.2) is 0 Å². The van der Waals surface area contributed by atoms with E-state index in [-0.39, 0.29) is 11.4 Å². The average molecular weight is 568 g/mol. The quantitative estimate of drug-likeness (QED) is 0.172. The van der Waals surface area contributed by atoms with E-state index in [1.165, 1.54) is 6.21 Å². The second-order valence-corrected chi connectivity index (χ2v) is 8.97. The molecule has 3 N–H and O–H groups in total. The van der Waals surface area contributed by atoms with Gasteiger partial charge in [-0.2, -0.15) is 5.10 Å². The third kappa shape index (κ3) is 6.67. The van der Waals surface area contributed by atoms with E-state index < -0.39 is 11.8 Å². The molecule has 0 spiro atoms. The monoisotopic (exact) mass is 568 g/mol. The molecule has 0 aliphatic heterocycles. The largest absolute Gasteiger partial charge is 0.507 e. The molecule has 0 saturated carbocycles. The Morgan fingerprint density at radius 1 is 1.03 bits per heavy atom. The number of carbonyl (C=O) groups excluding carboxylic acids is 2. The lowest BCUT2D eigenvalue weighted by Crippen LogP contribution is -2.32. The van der Waals surface area contributed by atoms with Crippen molar-refractivity contribution in [1.29, 1.82) is 0 Å². The Labute approximate surface area is 212 Å². The second kappa shape index (κ2) is 11.5. The summed E-state index contributed by atoms with van der Waals surface area (Å²) in [5, 5.41) is 16.9. The number of nitrogens with one attached hydrogen (secondary N) is 2. The fraction of sp³-hybridized carbons (Fsp3) is 0.115. The molecule has 0 aliphatic carbocycles. The van der Waals surface area contributed by atoms with Crippen LogP contribution >= 0.6 is 22.6 Å². The number of aromatic hydroxyl groups is 1. The molecule has 8 heteroatoms. The summed E-state index contributed by atoms with van der Waals surface area (Å²) in [5.74, 6) is -0.923. The number of nitrogens with zero attached hydrogens (tertiary/aromatic N) is 2. The molecule has 0 saturated heterocycles. The zero-order valence-corrected chi connectivity index (χ0v) is 21.2. The second-order valence-electron chi connectivity index (χ2n) is 7.72. The minimum Gasteiger partial charge on any atom is -0.507 e. The molecule has 7 nitrogen and oxygen atoms in total. The van der Waals surface area contributed by atoms with Crippen LogP contribution in [0.4, 0.5) is 5.69 Å². The normalized spacial score (nSPS) is 11.4. The summed E-state index contributed by atoms with van der Waals surface area (Å²) < 4.78 is 0.928. The Morgan fingerprint density at radius 3 is 2.35 bits per heavy atom. The maximum absolute atomic E-state index is 12.9. The summed E-state index contributed by atoms with van der Waals surface area (Å²) >= 11 is 2.14. The highest BCUT2D eigenvalue weighted by atomic mass is 127. The van der Waals surface area contributed by atoms with Gasteiger partial charge in [0, 0.05) is 34.5 Å². The van der Waals surface area contributed by atoms with Gasteiger partial charge >= 0.3 is 0 Å². The van der Waals surface area contributed by atoms with Crippen LogP contribution in [0.5, 0.6) is 5.75 Å². The van der Waals surface area contributed by atoms with Gasteiger partial charge in [0.2, 0.25) is 0 Å². The molecule has 3 aromatic rings. The molecule has 0 atom stereocenters. The van der Waals surface area contributed by atoms with E-state index in [0.717, 1.165) is 14.8 Å². The number of halogens is 1. The van der Waals surface area contributed by atoms with Gasteiger partial charge in [0.25, 0.3) is 11.8 Å². The number of anilines is 1. The molecule has 0 aliphatic rings. The van der Waals surface area contributed by atoms with E-state index in [0.29, 0.717) is 16.7 Å². The summed E-state index contributed by atoms with van der Waals surface area (Å²) in [7, 11) is 3.88. The molecule has 3 rings (SSSR count). The first kappa shape index (κ1) is 25.0. The van der Waals surface area contributed by atoms with Crippen molar-refractivity contribution in [3.8, 4) is 5.75 Å². The number of carbonyl (C=O) groups is 2. The zero-order chi connectivity index (χ0) is 24.7. The van der Waals surface area contributed by atoms with Crippen LogP contribution in [0.1, 0.15) is 27.0 Å². The van der Waals surface area contributed by atoms with Crippen LogP contribution in [0.2, 0.25) is 0 Å². The first-order chi connectivity index (χ1) is 16.2. The highest BCUT2D eigenvalue weighted by Gasteiger charge is 2.14. The lowest BCUT2D eigenvalue weighted by atomic mass is 10.1. The summed E-state index contributed by atoms with van der Waals surface area (Å²) in [6, 6.07) is 19.8. The van der Waals surface area contributed by atoms with Crippen molar-refractivity contribution in [3.05, 3.63) is 98.3 Å². The van der Waals surface area contributed by atoms with Crippen LogP contribution < -0.4 is 15.6 Å². The molecule has 34 heavy (non-hydrogen) atoms. The predicted molar refractivity (Wildman–Crippen MR) is 144 cm³/mol. The zero-order valence-electron chi connectivity index (χ0n) is 19.0. The van der Waals surface area contributed by atoms with E-state index >= 15 is 0 Å². The predicted octanol–water partition coefficient (Wildman–Crippen LogP) is 4.29. The van der Waals surface area contributed by atoms with Crippen molar-refractivity contribution < 1.29 is 14.7 Å². The molecule has 0 radical (unpaired) electrons. The minimum absolute atomic E-state index is 0.0339. The SMILES string of the molecule is Cc1cc(I)cc(C=NNC(=O)C(=Cc2ccc(N(C)C)cc2)NC(=O)c2ccccc2)c1O. The Balaban J connectivity index is 1.84. The van der Waals surface area contributed by atoms with Crippen molar-refractivity contribution in [1.82, 2.24) is 10.7 Å². The van der Waals surface area contributed by atoms with Crippen molar-refractivity contribution >= 4 is 52.4 Å². The third-order valence-corrected chi connectivity index (χ3v) is 5.54. The van der Waals surface area contributed by atoms with Crippen molar-refractivity contribution in [2.24, 2.45) is 5.10 Å². The van der Waals surface area contributed by atoms with E-state index in [1.807, 2.05) is 55.4 Å². The lowest BCUT2D eigenvalue weighted by molar-refractivity contribution is -0.117. The number of phenols is 1. The summed E-state index contributed by atoms with van der Waals surface area (Å²) in [6.45, 7) is 1.79.